The minimum absolute atomic E-state index is 0.251. The van der Waals surface area contributed by atoms with Crippen LogP contribution in [0.3, 0.4) is 0 Å². The third-order valence-electron chi connectivity index (χ3n) is 7.18. The van der Waals surface area contributed by atoms with Crippen molar-refractivity contribution in [3.63, 3.8) is 0 Å². The third-order valence-corrected chi connectivity index (χ3v) is 7.18. The van der Waals surface area contributed by atoms with E-state index in [1.807, 2.05) is 0 Å². The van der Waals surface area contributed by atoms with E-state index >= 15 is 0 Å². The zero-order chi connectivity index (χ0) is 35.1. The number of benzene rings is 5. The number of carbonyl (C=O) groups excluding carboxylic acids is 4. The van der Waals surface area contributed by atoms with Crippen molar-refractivity contribution in [2.45, 2.75) is 20.8 Å². The van der Waals surface area contributed by atoms with Gasteiger partial charge in [-0.3, -0.25) is 0 Å². The summed E-state index contributed by atoms with van der Waals surface area (Å²) < 4.78 is 32.1. The van der Waals surface area contributed by atoms with Gasteiger partial charge in [0.15, 0.2) is 0 Å². The first-order chi connectivity index (χ1) is 23.5. The van der Waals surface area contributed by atoms with E-state index in [0.717, 1.165) is 21.5 Å². The van der Waals surface area contributed by atoms with Crippen LogP contribution >= 0.6 is 0 Å². The Labute approximate surface area is 282 Å². The molecule has 0 aliphatic rings. The Morgan fingerprint density at radius 2 is 0.959 bits per heavy atom. The number of rotatable bonds is 12. The molecule has 0 saturated heterocycles. The van der Waals surface area contributed by atoms with E-state index in [4.69, 9.17) is 28.4 Å². The molecule has 0 amide bonds. The maximum atomic E-state index is 13.0. The number of esters is 4. The first kappa shape index (κ1) is 33.9. The van der Waals surface area contributed by atoms with Gasteiger partial charge in [-0.1, -0.05) is 37.4 Å². The van der Waals surface area contributed by atoms with Gasteiger partial charge in [0.1, 0.15) is 23.0 Å². The molecule has 5 aromatic carbocycles. The molecule has 0 radical (unpaired) electrons. The van der Waals surface area contributed by atoms with Crippen molar-refractivity contribution in [2.24, 2.45) is 0 Å². The summed E-state index contributed by atoms with van der Waals surface area (Å²) in [6, 6.07) is 25.4. The second-order valence-corrected chi connectivity index (χ2v) is 11.1. The highest BCUT2D eigenvalue weighted by Crippen LogP contribution is 2.28. The zero-order valence-corrected chi connectivity index (χ0v) is 27.1. The second-order valence-electron chi connectivity index (χ2n) is 11.1. The molecule has 5 aromatic rings. The second kappa shape index (κ2) is 15.0. The molecule has 0 fully saturated rings. The van der Waals surface area contributed by atoms with Crippen LogP contribution < -0.4 is 18.9 Å². The van der Waals surface area contributed by atoms with Crippen molar-refractivity contribution in [2.75, 3.05) is 13.6 Å². The zero-order valence-electron chi connectivity index (χ0n) is 27.1. The van der Waals surface area contributed by atoms with Gasteiger partial charge in [0.05, 0.1) is 11.1 Å². The molecule has 0 heterocycles. The predicted molar refractivity (Wildman–Crippen MR) is 182 cm³/mol. The van der Waals surface area contributed by atoms with Gasteiger partial charge in [-0.15, -0.1) is 0 Å². The van der Waals surface area contributed by atoms with Crippen LogP contribution in [-0.2, 0) is 19.1 Å². The van der Waals surface area contributed by atoms with Gasteiger partial charge in [-0.05, 0) is 115 Å². The van der Waals surface area contributed by atoms with Crippen LogP contribution in [-0.4, -0.2) is 37.5 Å². The molecule has 0 spiro atoms. The average Bonchev–Trinajstić information content (AvgIpc) is 3.08. The summed E-state index contributed by atoms with van der Waals surface area (Å²) in [6.45, 7) is 11.4. The standard InChI is InChI=1S/C39H32O10/c1-23(2)36(40)46-21-44-32-12-10-26-17-30(8-6-28(26)19-32)38(42)48-34-14-15-35(25(5)16-34)49-39(43)31-9-7-29-20-33(13-11-27(29)18-31)45-22-47-37(41)24(3)4/h6-20H,1,3,21-22H2,2,4-5H3. The summed E-state index contributed by atoms with van der Waals surface area (Å²) >= 11 is 0. The highest BCUT2D eigenvalue weighted by molar-refractivity contribution is 5.98. The lowest BCUT2D eigenvalue weighted by molar-refractivity contribution is -0.146. The molecular formula is C39H32O10. The smallest absolute Gasteiger partial charge is 0.343 e. The topological polar surface area (TPSA) is 124 Å². The molecule has 5 rings (SSSR count). The third kappa shape index (κ3) is 8.69. The summed E-state index contributed by atoms with van der Waals surface area (Å²) in [5.74, 6) is -0.602. The van der Waals surface area contributed by atoms with Gasteiger partial charge in [0.2, 0.25) is 13.6 Å². The fourth-order valence-corrected chi connectivity index (χ4v) is 4.55. The van der Waals surface area contributed by atoms with Crippen LogP contribution in [0.25, 0.3) is 21.5 Å². The predicted octanol–water partition coefficient (Wildman–Crippen LogP) is 7.65. The number of carbonyl (C=O) groups is 4. The molecule has 10 heteroatoms. The van der Waals surface area contributed by atoms with Crippen LogP contribution in [0.4, 0.5) is 0 Å². The number of aryl methyl sites for hydroxylation is 1. The van der Waals surface area contributed by atoms with Crippen LogP contribution in [0, 0.1) is 6.92 Å². The van der Waals surface area contributed by atoms with E-state index in [0.29, 0.717) is 33.9 Å². The Morgan fingerprint density at radius 3 is 1.43 bits per heavy atom. The van der Waals surface area contributed by atoms with Gasteiger partial charge in [0.25, 0.3) is 0 Å². The van der Waals surface area contributed by atoms with Crippen molar-refractivity contribution in [1.82, 2.24) is 0 Å². The van der Waals surface area contributed by atoms with Crippen molar-refractivity contribution in [3.8, 4) is 23.0 Å². The SMILES string of the molecule is C=C(C)C(=O)OCOc1ccc2cc(C(=O)Oc3ccc(OC(=O)c4ccc5cc(OCOC(=O)C(=C)C)ccc5c4)c(C)c3)ccc2c1. The molecule has 0 atom stereocenters. The molecule has 0 bridgehead atoms. The van der Waals surface area contributed by atoms with E-state index < -0.39 is 23.9 Å². The highest BCUT2D eigenvalue weighted by Gasteiger charge is 2.15. The first-order valence-corrected chi connectivity index (χ1v) is 15.0. The molecule has 248 valence electrons. The van der Waals surface area contributed by atoms with Crippen molar-refractivity contribution in [3.05, 3.63) is 132 Å². The molecular weight excluding hydrogens is 628 g/mol. The van der Waals surface area contributed by atoms with E-state index in [1.54, 1.807) is 112 Å². The molecule has 49 heavy (non-hydrogen) atoms. The minimum atomic E-state index is -0.560. The van der Waals surface area contributed by atoms with E-state index in [2.05, 4.69) is 13.2 Å². The summed E-state index contributed by atoms with van der Waals surface area (Å²) in [4.78, 5) is 49.0. The lowest BCUT2D eigenvalue weighted by atomic mass is 10.1. The highest BCUT2D eigenvalue weighted by atomic mass is 16.7. The lowest BCUT2D eigenvalue weighted by Crippen LogP contribution is -2.11. The van der Waals surface area contributed by atoms with Crippen LogP contribution in [0.2, 0.25) is 0 Å². The average molecular weight is 661 g/mol. The van der Waals surface area contributed by atoms with E-state index in [1.165, 1.54) is 0 Å². The Hall–Kier alpha value is -6.42. The van der Waals surface area contributed by atoms with Crippen LogP contribution in [0.1, 0.15) is 40.1 Å². The van der Waals surface area contributed by atoms with Gasteiger partial charge in [0, 0.05) is 11.1 Å². The summed E-state index contributed by atoms with van der Waals surface area (Å²) in [5, 5.41) is 3.19. The van der Waals surface area contributed by atoms with Crippen molar-refractivity contribution in [1.29, 1.82) is 0 Å². The van der Waals surface area contributed by atoms with Crippen molar-refractivity contribution < 1.29 is 47.6 Å². The molecule has 10 nitrogen and oxygen atoms in total. The fraction of sp³-hybridized carbons (Fsp3) is 0.128. The molecule has 0 N–H and O–H groups in total. The Bertz CT molecular complexity index is 2130. The monoisotopic (exact) mass is 660 g/mol. The Balaban J connectivity index is 1.18. The summed E-state index contributed by atoms with van der Waals surface area (Å²) in [6.07, 6.45) is 0. The van der Waals surface area contributed by atoms with Crippen molar-refractivity contribution >= 4 is 45.4 Å². The number of ether oxygens (including phenoxy) is 6. The lowest BCUT2D eigenvalue weighted by Gasteiger charge is -2.11. The maximum Gasteiger partial charge on any atom is 0.343 e. The fourth-order valence-electron chi connectivity index (χ4n) is 4.55. The quantitative estimate of drug-likeness (QED) is 0.0570. The molecule has 0 aromatic heterocycles. The van der Waals surface area contributed by atoms with Gasteiger partial charge in [-0.2, -0.15) is 0 Å². The van der Waals surface area contributed by atoms with E-state index in [9.17, 15) is 19.2 Å². The van der Waals surface area contributed by atoms with E-state index in [-0.39, 0.29) is 30.5 Å². The Morgan fingerprint density at radius 1 is 0.531 bits per heavy atom. The minimum Gasteiger partial charge on any atom is -0.457 e. The number of hydrogen-bond donors (Lipinski definition) is 0. The van der Waals surface area contributed by atoms with Gasteiger partial charge in [-0.25, -0.2) is 19.2 Å². The normalized spacial score (nSPS) is 10.6. The van der Waals surface area contributed by atoms with Crippen LogP contribution in [0.15, 0.2) is 115 Å². The number of hydrogen-bond acceptors (Lipinski definition) is 10. The number of fused-ring (bicyclic) bond motifs is 2. The largest absolute Gasteiger partial charge is 0.457 e. The van der Waals surface area contributed by atoms with Gasteiger partial charge >= 0.3 is 23.9 Å². The maximum absolute atomic E-state index is 13.0. The Kier molecular flexibility index (Phi) is 10.4. The summed E-state index contributed by atoms with van der Waals surface area (Å²) in [5.41, 5.74) is 1.83. The molecule has 0 aliphatic heterocycles. The molecule has 0 saturated carbocycles. The van der Waals surface area contributed by atoms with Crippen LogP contribution in [0.5, 0.6) is 23.0 Å². The summed E-state index contributed by atoms with van der Waals surface area (Å²) in [7, 11) is 0. The molecule has 0 unspecified atom stereocenters. The van der Waals surface area contributed by atoms with Gasteiger partial charge < -0.3 is 28.4 Å². The molecule has 0 aliphatic carbocycles. The first-order valence-electron chi connectivity index (χ1n) is 15.0.